The van der Waals surface area contributed by atoms with Crippen molar-refractivity contribution in [3.8, 4) is 0 Å². The van der Waals surface area contributed by atoms with Crippen LogP contribution in [0.2, 0.25) is 0 Å². The summed E-state index contributed by atoms with van der Waals surface area (Å²) in [6.45, 7) is 0. The van der Waals surface area contributed by atoms with Crippen molar-refractivity contribution in [2.45, 2.75) is 37.3 Å². The molecule has 1 aromatic heterocycles. The fraction of sp³-hybridized carbons (Fsp3) is 0.750. The van der Waals surface area contributed by atoms with E-state index in [0.717, 1.165) is 12.2 Å². The molecule has 0 radical (unpaired) electrons. The predicted octanol–water partition coefficient (Wildman–Crippen LogP) is -0.294. The summed E-state index contributed by atoms with van der Waals surface area (Å²) in [6.07, 6.45) is 3.60. The minimum absolute atomic E-state index is 0.197. The topological polar surface area (TPSA) is 73.6 Å². The molecule has 0 amide bonds. The van der Waals surface area contributed by atoms with Crippen LogP contribution in [0.3, 0.4) is 0 Å². The first-order chi connectivity index (χ1) is 6.33. The highest BCUT2D eigenvalue weighted by Crippen LogP contribution is 2.37. The van der Waals surface area contributed by atoms with Gasteiger partial charge in [-0.3, -0.25) is 4.98 Å². The van der Waals surface area contributed by atoms with Crippen molar-refractivity contribution < 1.29 is 0 Å². The molecule has 70 valence electrons. The van der Waals surface area contributed by atoms with Crippen LogP contribution >= 0.6 is 0 Å². The van der Waals surface area contributed by atoms with Crippen molar-refractivity contribution in [1.29, 1.82) is 0 Å². The Kier molecular flexibility index (Phi) is 1.38. The van der Waals surface area contributed by atoms with Crippen molar-refractivity contribution >= 4 is 0 Å². The third-order valence-electron chi connectivity index (χ3n) is 3.17. The Labute approximate surface area is 74.9 Å². The summed E-state index contributed by atoms with van der Waals surface area (Å²) in [5, 5.41) is 9.91. The van der Waals surface area contributed by atoms with Gasteiger partial charge in [0.15, 0.2) is 0 Å². The highest BCUT2D eigenvalue weighted by atomic mass is 16.1. The number of nitrogens with one attached hydrogen (secondary N) is 3. The molecule has 2 saturated heterocycles. The second-order valence-corrected chi connectivity index (χ2v) is 3.95. The number of hydrogen-bond donors (Lipinski definition) is 3. The quantitative estimate of drug-likeness (QED) is 0.555. The smallest absolute Gasteiger partial charge is 0.310 e. The van der Waals surface area contributed by atoms with Crippen molar-refractivity contribution in [1.82, 2.24) is 20.5 Å². The molecule has 0 spiro atoms. The minimum Gasteiger partial charge on any atom is -0.310 e. The first kappa shape index (κ1) is 7.32. The third kappa shape index (κ3) is 1.03. The van der Waals surface area contributed by atoms with E-state index in [0.29, 0.717) is 18.0 Å². The molecule has 0 saturated carbocycles. The van der Waals surface area contributed by atoms with E-state index in [2.05, 4.69) is 20.5 Å². The van der Waals surface area contributed by atoms with Gasteiger partial charge in [-0.05, 0) is 19.3 Å². The number of aromatic nitrogens is 3. The molecule has 5 heteroatoms. The van der Waals surface area contributed by atoms with E-state index >= 15 is 0 Å². The molecule has 0 aromatic carbocycles. The van der Waals surface area contributed by atoms with Crippen LogP contribution in [0.5, 0.6) is 0 Å². The molecule has 3 unspecified atom stereocenters. The molecule has 3 rings (SSSR count). The van der Waals surface area contributed by atoms with Crippen LogP contribution in [0.25, 0.3) is 0 Å². The second kappa shape index (κ2) is 2.45. The van der Waals surface area contributed by atoms with Gasteiger partial charge in [-0.15, -0.1) is 0 Å². The zero-order chi connectivity index (χ0) is 8.84. The van der Waals surface area contributed by atoms with Gasteiger partial charge in [0.25, 0.3) is 0 Å². The zero-order valence-electron chi connectivity index (χ0n) is 7.21. The summed E-state index contributed by atoms with van der Waals surface area (Å²) in [5.74, 6) is 1.24. The van der Waals surface area contributed by atoms with Crippen LogP contribution in [-0.2, 0) is 0 Å². The van der Waals surface area contributed by atoms with Gasteiger partial charge in [0.05, 0.1) is 0 Å². The molecular weight excluding hydrogens is 168 g/mol. The summed E-state index contributed by atoms with van der Waals surface area (Å²) in [5.41, 5.74) is -0.197. The average Bonchev–Trinajstić information content (AvgIpc) is 2.77. The summed E-state index contributed by atoms with van der Waals surface area (Å²) >= 11 is 0. The minimum atomic E-state index is -0.197. The van der Waals surface area contributed by atoms with Crippen LogP contribution < -0.4 is 11.0 Å². The Balaban J connectivity index is 1.91. The molecule has 2 aliphatic rings. The molecular formula is C8H12N4O. The highest BCUT2D eigenvalue weighted by Gasteiger charge is 2.41. The normalized spacial score (nSPS) is 37.1. The average molecular weight is 180 g/mol. The van der Waals surface area contributed by atoms with Gasteiger partial charge in [-0.1, -0.05) is 0 Å². The molecule has 2 aliphatic heterocycles. The molecule has 3 atom stereocenters. The number of rotatable bonds is 1. The van der Waals surface area contributed by atoms with E-state index in [9.17, 15) is 4.79 Å². The fourth-order valence-electron chi connectivity index (χ4n) is 2.59. The predicted molar refractivity (Wildman–Crippen MR) is 46.5 cm³/mol. The molecule has 3 heterocycles. The van der Waals surface area contributed by atoms with Crippen LogP contribution in [-0.4, -0.2) is 27.3 Å². The molecule has 13 heavy (non-hydrogen) atoms. The van der Waals surface area contributed by atoms with Crippen molar-refractivity contribution in [3.63, 3.8) is 0 Å². The Morgan fingerprint density at radius 3 is 2.85 bits per heavy atom. The molecule has 2 bridgehead atoms. The second-order valence-electron chi connectivity index (χ2n) is 3.95. The number of nitrogens with zero attached hydrogens (tertiary/aromatic N) is 1. The molecule has 3 N–H and O–H groups in total. The third-order valence-corrected chi connectivity index (χ3v) is 3.17. The van der Waals surface area contributed by atoms with Crippen LogP contribution in [0.15, 0.2) is 4.79 Å². The van der Waals surface area contributed by atoms with E-state index in [4.69, 9.17) is 0 Å². The number of H-pyrrole nitrogens is 2. The van der Waals surface area contributed by atoms with Gasteiger partial charge in [0.1, 0.15) is 5.82 Å². The van der Waals surface area contributed by atoms with Gasteiger partial charge >= 0.3 is 5.69 Å². The standard InChI is InChI=1S/C8H12N4O/c13-8-10-7(11-12-8)5-3-4-1-2-6(5)9-4/h4-6,9H,1-3H2,(H2,10,11,12,13). The summed E-state index contributed by atoms with van der Waals surface area (Å²) in [7, 11) is 0. The summed E-state index contributed by atoms with van der Waals surface area (Å²) in [4.78, 5) is 13.6. The first-order valence-corrected chi connectivity index (χ1v) is 4.73. The lowest BCUT2D eigenvalue weighted by Crippen LogP contribution is -2.22. The lowest BCUT2D eigenvalue weighted by Gasteiger charge is -2.16. The van der Waals surface area contributed by atoms with Crippen LogP contribution in [0, 0.1) is 0 Å². The SMILES string of the molecule is O=c1[nH]nc(C2CC3CCC2N3)[nH]1. The number of hydrogen-bond acceptors (Lipinski definition) is 3. The Bertz CT molecular complexity index is 368. The molecule has 5 nitrogen and oxygen atoms in total. The van der Waals surface area contributed by atoms with E-state index in [-0.39, 0.29) is 5.69 Å². The fourth-order valence-corrected chi connectivity index (χ4v) is 2.59. The number of fused-ring (bicyclic) bond motifs is 2. The Hall–Kier alpha value is -1.10. The molecule has 2 fully saturated rings. The number of aromatic amines is 2. The van der Waals surface area contributed by atoms with Gasteiger partial charge in [-0.25, -0.2) is 9.89 Å². The van der Waals surface area contributed by atoms with Crippen LogP contribution in [0.1, 0.15) is 31.0 Å². The van der Waals surface area contributed by atoms with Crippen molar-refractivity contribution in [3.05, 3.63) is 16.3 Å². The Morgan fingerprint density at radius 1 is 1.38 bits per heavy atom. The molecule has 1 aromatic rings. The summed E-state index contributed by atoms with van der Waals surface area (Å²) in [6, 6.07) is 1.18. The monoisotopic (exact) mass is 180 g/mol. The van der Waals surface area contributed by atoms with Gasteiger partial charge in [0, 0.05) is 18.0 Å². The largest absolute Gasteiger partial charge is 0.340 e. The maximum atomic E-state index is 10.9. The maximum absolute atomic E-state index is 10.9. The zero-order valence-corrected chi connectivity index (χ0v) is 7.21. The van der Waals surface area contributed by atoms with Crippen molar-refractivity contribution in [2.75, 3.05) is 0 Å². The summed E-state index contributed by atoms with van der Waals surface area (Å²) < 4.78 is 0. The lowest BCUT2D eigenvalue weighted by molar-refractivity contribution is 0.488. The van der Waals surface area contributed by atoms with Crippen molar-refractivity contribution in [2.24, 2.45) is 0 Å². The molecule has 0 aliphatic carbocycles. The van der Waals surface area contributed by atoms with Gasteiger partial charge in [-0.2, -0.15) is 5.10 Å². The first-order valence-electron chi connectivity index (χ1n) is 4.73. The van der Waals surface area contributed by atoms with E-state index in [1.807, 2.05) is 0 Å². The van der Waals surface area contributed by atoms with E-state index < -0.39 is 0 Å². The van der Waals surface area contributed by atoms with Gasteiger partial charge < -0.3 is 5.32 Å². The van der Waals surface area contributed by atoms with E-state index in [1.54, 1.807) is 0 Å². The Morgan fingerprint density at radius 2 is 2.31 bits per heavy atom. The van der Waals surface area contributed by atoms with Crippen LogP contribution in [0.4, 0.5) is 0 Å². The lowest BCUT2D eigenvalue weighted by atomic mass is 9.89. The van der Waals surface area contributed by atoms with Gasteiger partial charge in [0.2, 0.25) is 0 Å². The highest BCUT2D eigenvalue weighted by molar-refractivity contribution is 5.10. The van der Waals surface area contributed by atoms with E-state index in [1.165, 1.54) is 12.8 Å². The maximum Gasteiger partial charge on any atom is 0.340 e.